The van der Waals surface area contributed by atoms with E-state index < -0.39 is 11.4 Å². The standard InChI is InChI=1S/C21H30O4/c1-12(2)15-8-9-19(4)16-7-6-13(3)10-20(16)11-14(18(22)24-5)17(19)21(15,23)25-20/h11,13,15-17,23H,1,6-10H2,2-5H3/t13-,15-,16+,17-,19+,20+,21+/m0/s1. The van der Waals surface area contributed by atoms with E-state index in [9.17, 15) is 9.90 Å². The van der Waals surface area contributed by atoms with Gasteiger partial charge in [0.25, 0.3) is 0 Å². The average Bonchev–Trinajstić information content (AvgIpc) is 2.51. The molecule has 4 bridgehead atoms. The second-order valence-electron chi connectivity index (χ2n) is 9.22. The van der Waals surface area contributed by atoms with Crippen molar-refractivity contribution in [2.75, 3.05) is 7.11 Å². The second-order valence-corrected chi connectivity index (χ2v) is 9.22. The van der Waals surface area contributed by atoms with Crippen molar-refractivity contribution in [3.63, 3.8) is 0 Å². The largest absolute Gasteiger partial charge is 0.466 e. The van der Waals surface area contributed by atoms with Crippen LogP contribution in [0.3, 0.4) is 0 Å². The summed E-state index contributed by atoms with van der Waals surface area (Å²) in [6.07, 6.45) is 6.98. The fourth-order valence-corrected chi connectivity index (χ4v) is 6.78. The van der Waals surface area contributed by atoms with Crippen LogP contribution in [-0.2, 0) is 14.3 Å². The zero-order valence-electron chi connectivity index (χ0n) is 15.8. The average molecular weight is 346 g/mol. The predicted octanol–water partition coefficient (Wildman–Crippen LogP) is 3.60. The molecule has 3 fully saturated rings. The normalized spacial score (nSPS) is 50.7. The number of carbonyl (C=O) groups is 1. The molecule has 138 valence electrons. The fraction of sp³-hybridized carbons (Fsp3) is 0.762. The molecule has 5 aliphatic rings. The number of hydrogen-bond acceptors (Lipinski definition) is 4. The molecule has 7 atom stereocenters. The van der Waals surface area contributed by atoms with E-state index in [4.69, 9.17) is 9.47 Å². The lowest BCUT2D eigenvalue weighted by Crippen LogP contribution is -2.74. The number of methoxy groups -OCH3 is 1. The molecule has 0 amide bonds. The van der Waals surface area contributed by atoms with Gasteiger partial charge in [-0.1, -0.05) is 32.4 Å². The van der Waals surface area contributed by atoms with Gasteiger partial charge in [0.1, 0.15) is 0 Å². The first kappa shape index (κ1) is 17.3. The van der Waals surface area contributed by atoms with Gasteiger partial charge in [-0.15, -0.1) is 0 Å². The Morgan fingerprint density at radius 2 is 2.12 bits per heavy atom. The topological polar surface area (TPSA) is 55.8 Å². The maximum Gasteiger partial charge on any atom is 0.334 e. The Balaban J connectivity index is 1.94. The molecule has 0 radical (unpaired) electrons. The lowest BCUT2D eigenvalue weighted by atomic mass is 9.43. The molecule has 25 heavy (non-hydrogen) atoms. The molecule has 2 heterocycles. The van der Waals surface area contributed by atoms with Crippen molar-refractivity contribution in [2.45, 2.75) is 64.3 Å². The third-order valence-corrected chi connectivity index (χ3v) is 7.63. The lowest BCUT2D eigenvalue weighted by molar-refractivity contribution is -0.395. The maximum absolute atomic E-state index is 12.6. The Bertz CT molecular complexity index is 667. The van der Waals surface area contributed by atoms with Crippen molar-refractivity contribution in [1.29, 1.82) is 0 Å². The summed E-state index contributed by atoms with van der Waals surface area (Å²) < 4.78 is 11.7. The van der Waals surface area contributed by atoms with Gasteiger partial charge in [-0.3, -0.25) is 0 Å². The molecule has 4 nitrogen and oxygen atoms in total. The van der Waals surface area contributed by atoms with Gasteiger partial charge >= 0.3 is 5.97 Å². The van der Waals surface area contributed by atoms with Crippen LogP contribution in [0, 0.1) is 29.1 Å². The van der Waals surface area contributed by atoms with E-state index in [0.717, 1.165) is 31.3 Å². The number of esters is 1. The Kier molecular flexibility index (Phi) is 3.60. The molecule has 3 aliphatic carbocycles. The molecule has 1 spiro atoms. The molecular weight excluding hydrogens is 316 g/mol. The van der Waals surface area contributed by atoms with Gasteiger partial charge in [-0.25, -0.2) is 4.79 Å². The number of rotatable bonds is 2. The zero-order chi connectivity index (χ0) is 18.2. The van der Waals surface area contributed by atoms with Gasteiger partial charge in [0.2, 0.25) is 0 Å². The van der Waals surface area contributed by atoms with Crippen molar-refractivity contribution < 1.29 is 19.4 Å². The summed E-state index contributed by atoms with van der Waals surface area (Å²) in [4.78, 5) is 12.6. The van der Waals surface area contributed by atoms with Crippen LogP contribution in [0.2, 0.25) is 0 Å². The minimum Gasteiger partial charge on any atom is -0.466 e. The summed E-state index contributed by atoms with van der Waals surface area (Å²) in [7, 11) is 1.42. The van der Waals surface area contributed by atoms with Crippen LogP contribution in [0.1, 0.15) is 52.9 Å². The van der Waals surface area contributed by atoms with E-state index in [1.807, 2.05) is 13.0 Å². The lowest BCUT2D eigenvalue weighted by Gasteiger charge is -2.70. The summed E-state index contributed by atoms with van der Waals surface area (Å²) in [6, 6.07) is 0. The maximum atomic E-state index is 12.6. The summed E-state index contributed by atoms with van der Waals surface area (Å²) in [5.74, 6) is -1.31. The van der Waals surface area contributed by atoms with Gasteiger partial charge in [-0.05, 0) is 55.9 Å². The summed E-state index contributed by atoms with van der Waals surface area (Å²) in [5, 5.41) is 11.8. The van der Waals surface area contributed by atoms with Gasteiger partial charge in [0.05, 0.1) is 18.6 Å². The number of aliphatic hydroxyl groups is 1. The third kappa shape index (κ3) is 2.04. The summed E-state index contributed by atoms with van der Waals surface area (Å²) in [6.45, 7) is 10.6. The van der Waals surface area contributed by atoms with E-state index in [1.54, 1.807) is 0 Å². The van der Waals surface area contributed by atoms with Crippen LogP contribution < -0.4 is 0 Å². The van der Waals surface area contributed by atoms with Gasteiger partial charge in [0, 0.05) is 11.5 Å². The van der Waals surface area contributed by atoms with E-state index in [1.165, 1.54) is 13.5 Å². The van der Waals surface area contributed by atoms with Crippen molar-refractivity contribution >= 4 is 5.97 Å². The van der Waals surface area contributed by atoms with Crippen molar-refractivity contribution in [2.24, 2.45) is 29.1 Å². The Labute approximate surface area is 150 Å². The highest BCUT2D eigenvalue weighted by Crippen LogP contribution is 2.70. The zero-order valence-corrected chi connectivity index (χ0v) is 15.8. The van der Waals surface area contributed by atoms with Gasteiger partial charge < -0.3 is 14.6 Å². The van der Waals surface area contributed by atoms with Crippen LogP contribution >= 0.6 is 0 Å². The molecule has 2 saturated carbocycles. The highest BCUT2D eigenvalue weighted by Gasteiger charge is 2.73. The molecule has 0 aromatic heterocycles. The van der Waals surface area contributed by atoms with Crippen LogP contribution in [0.5, 0.6) is 0 Å². The van der Waals surface area contributed by atoms with Crippen LogP contribution in [-0.4, -0.2) is 29.6 Å². The van der Waals surface area contributed by atoms with Crippen molar-refractivity contribution in [1.82, 2.24) is 0 Å². The van der Waals surface area contributed by atoms with E-state index in [-0.39, 0.29) is 23.2 Å². The van der Waals surface area contributed by atoms with Crippen LogP contribution in [0.4, 0.5) is 0 Å². The first-order chi connectivity index (χ1) is 11.7. The number of hydrogen-bond donors (Lipinski definition) is 1. The van der Waals surface area contributed by atoms with Crippen molar-refractivity contribution in [3.05, 3.63) is 23.8 Å². The summed E-state index contributed by atoms with van der Waals surface area (Å²) >= 11 is 0. The fourth-order valence-electron chi connectivity index (χ4n) is 6.78. The molecule has 1 N–H and O–H groups in total. The highest BCUT2D eigenvalue weighted by molar-refractivity contribution is 5.90. The molecule has 1 saturated heterocycles. The van der Waals surface area contributed by atoms with Crippen LogP contribution in [0.25, 0.3) is 0 Å². The number of carbonyl (C=O) groups excluding carboxylic acids is 1. The molecule has 5 rings (SSSR count). The van der Waals surface area contributed by atoms with E-state index in [2.05, 4.69) is 20.4 Å². The van der Waals surface area contributed by atoms with Gasteiger partial charge in [-0.2, -0.15) is 0 Å². The quantitative estimate of drug-likeness (QED) is 0.613. The minimum atomic E-state index is -1.36. The first-order valence-corrected chi connectivity index (χ1v) is 9.57. The van der Waals surface area contributed by atoms with Gasteiger partial charge in [0.15, 0.2) is 5.79 Å². The Morgan fingerprint density at radius 1 is 1.40 bits per heavy atom. The SMILES string of the molecule is C=C(C)[C@@H]1CC[C@]2(C)[C@H]3CC[C@H](C)C[C@@]34C=C(C(=O)OC)[C@@H]2[C@]1(O)O4. The van der Waals surface area contributed by atoms with Crippen molar-refractivity contribution in [3.8, 4) is 0 Å². The number of ether oxygens (including phenoxy) is 2. The Hall–Kier alpha value is -1.13. The Morgan fingerprint density at radius 3 is 2.76 bits per heavy atom. The predicted molar refractivity (Wildman–Crippen MR) is 94.5 cm³/mol. The second kappa shape index (κ2) is 5.20. The molecule has 4 heteroatoms. The van der Waals surface area contributed by atoms with E-state index >= 15 is 0 Å². The molecule has 0 unspecified atom stereocenters. The molecular formula is C21H30O4. The molecule has 0 aromatic carbocycles. The third-order valence-electron chi connectivity index (χ3n) is 7.63. The molecule has 0 aromatic rings. The monoisotopic (exact) mass is 346 g/mol. The molecule has 2 aliphatic heterocycles. The highest BCUT2D eigenvalue weighted by atomic mass is 16.6. The smallest absolute Gasteiger partial charge is 0.334 e. The minimum absolute atomic E-state index is 0.142. The first-order valence-electron chi connectivity index (χ1n) is 9.57. The summed E-state index contributed by atoms with van der Waals surface area (Å²) in [5.41, 5.74) is 0.846. The van der Waals surface area contributed by atoms with E-state index in [0.29, 0.717) is 17.4 Å². The van der Waals surface area contributed by atoms with Crippen LogP contribution in [0.15, 0.2) is 23.8 Å².